The van der Waals surface area contributed by atoms with Crippen LogP contribution in [-0.4, -0.2) is 44.3 Å². The minimum absolute atomic E-state index is 0.00730. The molecule has 3 rings (SSSR count). The van der Waals surface area contributed by atoms with Crippen LogP contribution in [0.2, 0.25) is 0 Å². The normalized spacial score (nSPS) is 23.7. The number of rotatable bonds is 6. The van der Waals surface area contributed by atoms with Crippen molar-refractivity contribution < 1.29 is 23.0 Å². The maximum Gasteiger partial charge on any atom is 0.209 e. The molecular formula is C19H22O5S. The molecule has 1 aliphatic heterocycles. The SMILES string of the molecule is CCS(=O)(=O)C[C@@]1(c2ccc(-c3ccccc3)cc2)OC[C@@H](CO)O1. The van der Waals surface area contributed by atoms with E-state index in [9.17, 15) is 13.5 Å². The Kier molecular flexibility index (Phi) is 5.24. The molecule has 5 nitrogen and oxygen atoms in total. The Morgan fingerprint density at radius 1 is 1.08 bits per heavy atom. The summed E-state index contributed by atoms with van der Waals surface area (Å²) in [5.41, 5.74) is 2.74. The van der Waals surface area contributed by atoms with Crippen molar-refractivity contribution in [2.75, 3.05) is 24.7 Å². The standard InChI is InChI=1S/C19H22O5S/c1-2-25(21,22)14-19(23-13-18(12-20)24-19)17-10-8-16(9-11-17)15-6-4-3-5-7-15/h3-11,18,20H,2,12-14H2,1H3/t18-,19-/m1/s1. The highest BCUT2D eigenvalue weighted by molar-refractivity contribution is 7.91. The third kappa shape index (κ3) is 3.93. The molecule has 1 heterocycles. The van der Waals surface area contributed by atoms with E-state index < -0.39 is 21.7 Å². The van der Waals surface area contributed by atoms with Gasteiger partial charge in [-0.25, -0.2) is 8.42 Å². The van der Waals surface area contributed by atoms with Gasteiger partial charge in [0.25, 0.3) is 0 Å². The van der Waals surface area contributed by atoms with Gasteiger partial charge in [-0.15, -0.1) is 0 Å². The second-order valence-electron chi connectivity index (χ2n) is 6.11. The van der Waals surface area contributed by atoms with Gasteiger partial charge < -0.3 is 14.6 Å². The topological polar surface area (TPSA) is 72.8 Å². The summed E-state index contributed by atoms with van der Waals surface area (Å²) in [5.74, 6) is -1.62. The Hall–Kier alpha value is -1.73. The molecule has 6 heteroatoms. The quantitative estimate of drug-likeness (QED) is 0.854. The first-order chi connectivity index (χ1) is 12.0. The molecule has 25 heavy (non-hydrogen) atoms. The van der Waals surface area contributed by atoms with Gasteiger partial charge in [-0.1, -0.05) is 61.5 Å². The van der Waals surface area contributed by atoms with Crippen LogP contribution in [0.3, 0.4) is 0 Å². The van der Waals surface area contributed by atoms with E-state index in [1.165, 1.54) is 0 Å². The van der Waals surface area contributed by atoms with Crippen molar-refractivity contribution in [2.45, 2.75) is 18.8 Å². The Morgan fingerprint density at radius 2 is 1.72 bits per heavy atom. The lowest BCUT2D eigenvalue weighted by Gasteiger charge is -2.28. The van der Waals surface area contributed by atoms with Gasteiger partial charge in [-0.3, -0.25) is 0 Å². The first-order valence-corrected chi connectivity index (χ1v) is 10.1. The Bertz CT molecular complexity index is 801. The molecule has 1 fully saturated rings. The first-order valence-electron chi connectivity index (χ1n) is 8.27. The summed E-state index contributed by atoms with van der Waals surface area (Å²) in [7, 11) is -3.34. The van der Waals surface area contributed by atoms with Crippen LogP contribution in [0.5, 0.6) is 0 Å². The van der Waals surface area contributed by atoms with Gasteiger partial charge in [0.15, 0.2) is 9.84 Å². The van der Waals surface area contributed by atoms with Crippen LogP contribution in [0.15, 0.2) is 54.6 Å². The van der Waals surface area contributed by atoms with E-state index in [1.807, 2.05) is 54.6 Å². The highest BCUT2D eigenvalue weighted by Gasteiger charge is 2.46. The lowest BCUT2D eigenvalue weighted by atomic mass is 10.0. The maximum atomic E-state index is 12.2. The van der Waals surface area contributed by atoms with Gasteiger partial charge in [0.05, 0.1) is 13.2 Å². The first kappa shape index (κ1) is 18.1. The third-order valence-corrected chi connectivity index (χ3v) is 6.04. The van der Waals surface area contributed by atoms with Crippen molar-refractivity contribution in [3.05, 3.63) is 60.2 Å². The van der Waals surface area contributed by atoms with Gasteiger partial charge in [-0.05, 0) is 11.1 Å². The molecule has 0 spiro atoms. The van der Waals surface area contributed by atoms with Crippen molar-refractivity contribution in [2.24, 2.45) is 0 Å². The highest BCUT2D eigenvalue weighted by atomic mass is 32.2. The van der Waals surface area contributed by atoms with Gasteiger partial charge in [-0.2, -0.15) is 0 Å². The number of benzene rings is 2. The summed E-state index contributed by atoms with van der Waals surface area (Å²) in [6, 6.07) is 17.4. The molecule has 0 saturated carbocycles. The van der Waals surface area contributed by atoms with Crippen LogP contribution in [0.25, 0.3) is 11.1 Å². The van der Waals surface area contributed by atoms with E-state index in [0.717, 1.165) is 11.1 Å². The number of ether oxygens (including phenoxy) is 2. The molecule has 2 aromatic rings. The predicted octanol–water partition coefficient (Wildman–Crippen LogP) is 2.35. The smallest absolute Gasteiger partial charge is 0.209 e. The minimum atomic E-state index is -3.34. The zero-order valence-corrected chi connectivity index (χ0v) is 14.9. The number of aliphatic hydroxyl groups is 1. The molecule has 2 aromatic carbocycles. The van der Waals surface area contributed by atoms with E-state index in [0.29, 0.717) is 5.56 Å². The maximum absolute atomic E-state index is 12.2. The fourth-order valence-electron chi connectivity index (χ4n) is 2.90. The predicted molar refractivity (Wildman–Crippen MR) is 95.8 cm³/mol. The molecular weight excluding hydrogens is 340 g/mol. The zero-order valence-electron chi connectivity index (χ0n) is 14.1. The van der Waals surface area contributed by atoms with Crippen molar-refractivity contribution in [1.29, 1.82) is 0 Å². The largest absolute Gasteiger partial charge is 0.394 e. The molecule has 1 saturated heterocycles. The van der Waals surface area contributed by atoms with Gasteiger partial charge in [0.2, 0.25) is 5.79 Å². The fraction of sp³-hybridized carbons (Fsp3) is 0.368. The molecule has 1 N–H and O–H groups in total. The fourth-order valence-corrected chi connectivity index (χ4v) is 4.01. The van der Waals surface area contributed by atoms with E-state index in [1.54, 1.807) is 6.92 Å². The van der Waals surface area contributed by atoms with Crippen molar-refractivity contribution in [1.82, 2.24) is 0 Å². The summed E-state index contributed by atoms with van der Waals surface area (Å²) >= 11 is 0. The number of aliphatic hydroxyl groups excluding tert-OH is 1. The van der Waals surface area contributed by atoms with E-state index >= 15 is 0 Å². The Morgan fingerprint density at radius 3 is 2.28 bits per heavy atom. The van der Waals surface area contributed by atoms with Crippen molar-refractivity contribution >= 4 is 9.84 Å². The average molecular weight is 362 g/mol. The molecule has 0 unspecified atom stereocenters. The van der Waals surface area contributed by atoms with Crippen LogP contribution in [0.1, 0.15) is 12.5 Å². The summed E-state index contributed by atoms with van der Waals surface area (Å²) in [6.45, 7) is 1.55. The van der Waals surface area contributed by atoms with Crippen LogP contribution in [0.4, 0.5) is 0 Å². The number of hydrogen-bond donors (Lipinski definition) is 1. The lowest BCUT2D eigenvalue weighted by Crippen LogP contribution is -2.37. The molecule has 0 radical (unpaired) electrons. The third-order valence-electron chi connectivity index (χ3n) is 4.34. The molecule has 2 atom stereocenters. The summed E-state index contributed by atoms with van der Waals surface area (Å²) in [4.78, 5) is 0. The summed E-state index contributed by atoms with van der Waals surface area (Å²) < 4.78 is 36.0. The molecule has 0 bridgehead atoms. The molecule has 1 aliphatic rings. The summed E-state index contributed by atoms with van der Waals surface area (Å²) in [6.07, 6.45) is -0.527. The van der Waals surface area contributed by atoms with Gasteiger partial charge in [0, 0.05) is 11.3 Å². The lowest BCUT2D eigenvalue weighted by molar-refractivity contribution is -0.162. The van der Waals surface area contributed by atoms with Crippen LogP contribution in [0, 0.1) is 0 Å². The zero-order chi connectivity index (χ0) is 17.9. The molecule has 0 amide bonds. The van der Waals surface area contributed by atoms with Gasteiger partial charge >= 0.3 is 0 Å². The average Bonchev–Trinajstić information content (AvgIpc) is 3.06. The van der Waals surface area contributed by atoms with Crippen molar-refractivity contribution in [3.8, 4) is 11.1 Å². The van der Waals surface area contributed by atoms with Crippen LogP contribution >= 0.6 is 0 Å². The second-order valence-corrected chi connectivity index (χ2v) is 8.46. The summed E-state index contributed by atoms with van der Waals surface area (Å²) in [5, 5.41) is 9.34. The van der Waals surface area contributed by atoms with Crippen molar-refractivity contribution in [3.63, 3.8) is 0 Å². The minimum Gasteiger partial charge on any atom is -0.394 e. The monoisotopic (exact) mass is 362 g/mol. The van der Waals surface area contributed by atoms with Crippen LogP contribution in [-0.2, 0) is 25.1 Å². The van der Waals surface area contributed by atoms with Gasteiger partial charge in [0.1, 0.15) is 11.9 Å². The number of sulfone groups is 1. The molecule has 134 valence electrons. The molecule has 0 aromatic heterocycles. The van der Waals surface area contributed by atoms with E-state index in [2.05, 4.69) is 0 Å². The van der Waals surface area contributed by atoms with E-state index in [4.69, 9.17) is 9.47 Å². The Labute approximate surface area is 148 Å². The second kappa shape index (κ2) is 7.25. The molecule has 0 aliphatic carbocycles. The Balaban J connectivity index is 1.94. The number of hydrogen-bond acceptors (Lipinski definition) is 5. The van der Waals surface area contributed by atoms with E-state index in [-0.39, 0.29) is 24.7 Å². The van der Waals surface area contributed by atoms with Crippen LogP contribution < -0.4 is 0 Å². The highest BCUT2D eigenvalue weighted by Crippen LogP contribution is 2.36.